The quantitative estimate of drug-likeness (QED) is 0.612. The average molecular weight is 399 g/mol. The predicted octanol–water partition coefficient (Wildman–Crippen LogP) is 3.36. The van der Waals surface area contributed by atoms with Gasteiger partial charge in [0.2, 0.25) is 0 Å². The molecule has 1 saturated carbocycles. The summed E-state index contributed by atoms with van der Waals surface area (Å²) in [4.78, 5) is 11.1. The number of pyridine rings is 1. The van der Waals surface area contributed by atoms with Crippen LogP contribution in [0, 0.1) is 18.6 Å². The van der Waals surface area contributed by atoms with Gasteiger partial charge in [0.05, 0.1) is 0 Å². The Labute approximate surface area is 170 Å². The highest BCUT2D eigenvalue weighted by molar-refractivity contribution is 5.81. The third-order valence-corrected chi connectivity index (χ3v) is 5.76. The normalized spacial score (nSPS) is 22.5. The van der Waals surface area contributed by atoms with Gasteiger partial charge in [0.1, 0.15) is 17.5 Å². The molecule has 2 unspecified atom stereocenters. The van der Waals surface area contributed by atoms with Crippen LogP contribution < -0.4 is 15.5 Å². The molecule has 4 rings (SSSR count). The Morgan fingerprint density at radius 3 is 2.45 bits per heavy atom. The van der Waals surface area contributed by atoms with E-state index >= 15 is 0 Å². The molecule has 0 bridgehead atoms. The van der Waals surface area contributed by atoms with Crippen molar-refractivity contribution < 1.29 is 8.78 Å². The van der Waals surface area contributed by atoms with E-state index in [0.29, 0.717) is 18.4 Å². The molecule has 2 atom stereocenters. The fourth-order valence-corrected chi connectivity index (χ4v) is 3.98. The van der Waals surface area contributed by atoms with Gasteiger partial charge in [-0.1, -0.05) is 12.1 Å². The van der Waals surface area contributed by atoms with Gasteiger partial charge in [0, 0.05) is 49.9 Å². The van der Waals surface area contributed by atoms with Crippen molar-refractivity contribution in [1.29, 1.82) is 0 Å². The van der Waals surface area contributed by atoms with Crippen molar-refractivity contribution in [2.24, 2.45) is 4.99 Å². The lowest BCUT2D eigenvalue weighted by molar-refractivity contribution is 0.459. The first-order valence-corrected chi connectivity index (χ1v) is 10.2. The molecule has 29 heavy (non-hydrogen) atoms. The molecule has 2 fully saturated rings. The maximum Gasteiger partial charge on any atom is 0.191 e. The number of benzene rings is 1. The zero-order valence-corrected chi connectivity index (χ0v) is 16.8. The average Bonchev–Trinajstić information content (AvgIpc) is 3.47. The number of aryl methyl sites for hydroxylation is 1. The van der Waals surface area contributed by atoms with Gasteiger partial charge in [0.25, 0.3) is 0 Å². The van der Waals surface area contributed by atoms with Gasteiger partial charge in [-0.25, -0.2) is 13.8 Å². The lowest BCUT2D eigenvalue weighted by atomic mass is 10.1. The van der Waals surface area contributed by atoms with Crippen LogP contribution in [0.25, 0.3) is 0 Å². The minimum Gasteiger partial charge on any atom is -0.356 e. The molecule has 2 N–H and O–H groups in total. The number of halogens is 2. The number of aliphatic imine (C=N–C) groups is 1. The Morgan fingerprint density at radius 2 is 1.83 bits per heavy atom. The lowest BCUT2D eigenvalue weighted by Gasteiger charge is -2.33. The molecule has 1 aromatic carbocycles. The number of guanidine groups is 1. The summed E-state index contributed by atoms with van der Waals surface area (Å²) in [5.41, 5.74) is 1.34. The third kappa shape index (κ3) is 4.49. The number of rotatable bonds is 4. The summed E-state index contributed by atoms with van der Waals surface area (Å²) in [6, 6.07) is 8.50. The summed E-state index contributed by atoms with van der Waals surface area (Å²) >= 11 is 0. The number of aromatic nitrogens is 1. The molecule has 0 radical (unpaired) electrons. The maximum absolute atomic E-state index is 14.0. The van der Waals surface area contributed by atoms with Gasteiger partial charge in [-0.15, -0.1) is 0 Å². The van der Waals surface area contributed by atoms with Gasteiger partial charge in [-0.3, -0.25) is 4.99 Å². The summed E-state index contributed by atoms with van der Waals surface area (Å²) < 4.78 is 28.0. The van der Waals surface area contributed by atoms with E-state index in [0.717, 1.165) is 37.3 Å². The Hall–Kier alpha value is -2.70. The largest absolute Gasteiger partial charge is 0.356 e. The summed E-state index contributed by atoms with van der Waals surface area (Å²) in [7, 11) is 1.72. The second-order valence-electron chi connectivity index (χ2n) is 7.90. The Kier molecular flexibility index (Phi) is 5.65. The molecule has 1 saturated heterocycles. The van der Waals surface area contributed by atoms with Crippen molar-refractivity contribution >= 4 is 11.8 Å². The van der Waals surface area contributed by atoms with Crippen molar-refractivity contribution in [3.63, 3.8) is 0 Å². The van der Waals surface area contributed by atoms with Crippen molar-refractivity contribution in [3.05, 3.63) is 59.3 Å². The van der Waals surface area contributed by atoms with Gasteiger partial charge in [-0.2, -0.15) is 0 Å². The second kappa shape index (κ2) is 8.35. The number of piperidine rings is 1. The van der Waals surface area contributed by atoms with Crippen molar-refractivity contribution in [2.45, 2.75) is 44.2 Å². The maximum atomic E-state index is 14.0. The van der Waals surface area contributed by atoms with E-state index in [1.165, 1.54) is 18.2 Å². The third-order valence-electron chi connectivity index (χ3n) is 5.76. The van der Waals surface area contributed by atoms with Gasteiger partial charge >= 0.3 is 0 Å². The monoisotopic (exact) mass is 399 g/mol. The summed E-state index contributed by atoms with van der Waals surface area (Å²) in [6.07, 6.45) is 4.56. The SMILES string of the molecule is CN=C(NC1CCN(c2ccc(C)cn2)CC1)NC1CC1c1c(F)cccc1F. The number of nitrogens with one attached hydrogen (secondary N) is 2. The van der Waals surface area contributed by atoms with Crippen molar-refractivity contribution in [1.82, 2.24) is 15.6 Å². The van der Waals surface area contributed by atoms with Crippen LogP contribution in [-0.4, -0.2) is 43.2 Å². The summed E-state index contributed by atoms with van der Waals surface area (Å²) in [5.74, 6) is 0.619. The van der Waals surface area contributed by atoms with Gasteiger partial charge in [-0.05, 0) is 49.9 Å². The van der Waals surface area contributed by atoms with E-state index in [1.54, 1.807) is 7.05 Å². The standard InChI is InChI=1S/C22H27F2N5/c1-14-6-7-20(26-13-14)29-10-8-15(9-11-29)27-22(25-2)28-19-12-16(19)21-17(23)4-3-5-18(21)24/h3-7,13,15-16,19H,8-12H2,1-2H3,(H2,25,27,28). The minimum absolute atomic E-state index is 0.00412. The van der Waals surface area contributed by atoms with Gasteiger partial charge < -0.3 is 15.5 Å². The smallest absolute Gasteiger partial charge is 0.191 e. The van der Waals surface area contributed by atoms with Crippen LogP contribution >= 0.6 is 0 Å². The fraction of sp³-hybridized carbons (Fsp3) is 0.455. The first-order chi connectivity index (χ1) is 14.0. The topological polar surface area (TPSA) is 52.6 Å². The number of hydrogen-bond acceptors (Lipinski definition) is 3. The molecule has 5 nitrogen and oxygen atoms in total. The van der Waals surface area contributed by atoms with Crippen LogP contribution in [0.2, 0.25) is 0 Å². The van der Waals surface area contributed by atoms with Crippen LogP contribution in [0.1, 0.15) is 36.3 Å². The molecule has 2 heterocycles. The molecule has 1 aliphatic heterocycles. The molecule has 2 aliphatic rings. The molecule has 154 valence electrons. The molecular formula is C22H27F2N5. The van der Waals surface area contributed by atoms with E-state index in [4.69, 9.17) is 0 Å². The van der Waals surface area contributed by atoms with Crippen LogP contribution in [0.4, 0.5) is 14.6 Å². The van der Waals surface area contributed by atoms with Crippen LogP contribution in [0.3, 0.4) is 0 Å². The van der Waals surface area contributed by atoms with E-state index in [9.17, 15) is 8.78 Å². The van der Waals surface area contributed by atoms with Crippen LogP contribution in [0.15, 0.2) is 41.5 Å². The van der Waals surface area contributed by atoms with Crippen molar-refractivity contribution in [3.8, 4) is 0 Å². The van der Waals surface area contributed by atoms with Crippen molar-refractivity contribution in [2.75, 3.05) is 25.0 Å². The predicted molar refractivity (Wildman–Crippen MR) is 111 cm³/mol. The Balaban J connectivity index is 1.28. The van der Waals surface area contributed by atoms with E-state index in [1.807, 2.05) is 13.1 Å². The second-order valence-corrected chi connectivity index (χ2v) is 7.90. The molecule has 2 aromatic rings. The molecule has 0 spiro atoms. The van der Waals surface area contributed by atoms with E-state index < -0.39 is 11.6 Å². The molecular weight excluding hydrogens is 372 g/mol. The van der Waals surface area contributed by atoms with E-state index in [2.05, 4.69) is 37.6 Å². The first kappa shape index (κ1) is 19.6. The Morgan fingerprint density at radius 1 is 1.10 bits per heavy atom. The van der Waals surface area contributed by atoms with E-state index in [-0.39, 0.29) is 17.5 Å². The van der Waals surface area contributed by atoms with Crippen LogP contribution in [0.5, 0.6) is 0 Å². The fourth-order valence-electron chi connectivity index (χ4n) is 3.98. The minimum atomic E-state index is -0.473. The number of nitrogens with zero attached hydrogens (tertiary/aromatic N) is 3. The van der Waals surface area contributed by atoms with Crippen LogP contribution in [-0.2, 0) is 0 Å². The Bertz CT molecular complexity index is 855. The highest BCUT2D eigenvalue weighted by Crippen LogP contribution is 2.43. The number of hydrogen-bond donors (Lipinski definition) is 2. The molecule has 0 amide bonds. The highest BCUT2D eigenvalue weighted by atomic mass is 19.1. The highest BCUT2D eigenvalue weighted by Gasteiger charge is 2.42. The zero-order chi connectivity index (χ0) is 20.4. The number of anilines is 1. The molecule has 1 aliphatic carbocycles. The van der Waals surface area contributed by atoms with Gasteiger partial charge in [0.15, 0.2) is 5.96 Å². The zero-order valence-electron chi connectivity index (χ0n) is 16.8. The lowest BCUT2D eigenvalue weighted by Crippen LogP contribution is -2.49. The summed E-state index contributed by atoms with van der Waals surface area (Å²) in [6.45, 7) is 3.89. The molecule has 1 aromatic heterocycles. The molecule has 7 heteroatoms. The summed E-state index contributed by atoms with van der Waals surface area (Å²) in [5, 5.41) is 6.78. The first-order valence-electron chi connectivity index (χ1n) is 10.2.